The molecule has 0 unspecified atom stereocenters. The van der Waals surface area contributed by atoms with Gasteiger partial charge in [0, 0.05) is 21.2 Å². The molecular formula is C25H17Cl2F2N5O2. The second-order valence-electron chi connectivity index (χ2n) is 7.93. The highest BCUT2D eigenvalue weighted by molar-refractivity contribution is 6.31. The van der Waals surface area contributed by atoms with Gasteiger partial charge in [-0.25, -0.2) is 15.2 Å². The Morgan fingerprint density at radius 2 is 1.58 bits per heavy atom. The fraction of sp³-hybridized carbons (Fsp3) is 0.0800. The van der Waals surface area contributed by atoms with Crippen molar-refractivity contribution < 1.29 is 13.5 Å². The largest absolute Gasteiger partial charge is 0.466 e. The minimum atomic E-state index is -3.83. The van der Waals surface area contributed by atoms with Crippen molar-refractivity contribution >= 4 is 28.8 Å². The van der Waals surface area contributed by atoms with Gasteiger partial charge in [-0.05, 0) is 53.1 Å². The number of nitrogens with two attached hydrogens (primary N) is 1. The van der Waals surface area contributed by atoms with Gasteiger partial charge in [0.05, 0.1) is 12.7 Å². The van der Waals surface area contributed by atoms with Crippen LogP contribution in [0.1, 0.15) is 5.56 Å². The number of halogens is 4. The SMILES string of the molecule is NC(F)(F)Oc1cccc(Cn2nc3c(-c4ccc(Cl)cc4)c(-c4ccc(Cl)cc4)cnn3c2=O)c1. The molecule has 0 aliphatic carbocycles. The second-order valence-corrected chi connectivity index (χ2v) is 8.81. The number of rotatable bonds is 6. The number of hydrogen-bond acceptors (Lipinski definition) is 5. The maximum absolute atomic E-state index is 13.2. The maximum atomic E-state index is 13.2. The van der Waals surface area contributed by atoms with Crippen LogP contribution in [0.5, 0.6) is 5.75 Å². The fourth-order valence-electron chi connectivity index (χ4n) is 3.85. The third-order valence-corrected chi connectivity index (χ3v) is 5.89. The summed E-state index contributed by atoms with van der Waals surface area (Å²) in [7, 11) is 0. The molecule has 5 aromatic rings. The molecule has 7 nitrogen and oxygen atoms in total. The normalized spacial score (nSPS) is 11.7. The number of aromatic nitrogens is 4. The first-order valence-electron chi connectivity index (χ1n) is 10.6. The summed E-state index contributed by atoms with van der Waals surface area (Å²) in [4.78, 5) is 13.2. The van der Waals surface area contributed by atoms with E-state index in [0.29, 0.717) is 26.8 Å². The van der Waals surface area contributed by atoms with Crippen molar-refractivity contribution in [2.24, 2.45) is 5.73 Å². The molecule has 0 amide bonds. The van der Waals surface area contributed by atoms with Gasteiger partial charge in [-0.2, -0.15) is 9.61 Å². The van der Waals surface area contributed by atoms with Crippen LogP contribution in [0, 0.1) is 0 Å². The van der Waals surface area contributed by atoms with Crippen LogP contribution >= 0.6 is 23.2 Å². The van der Waals surface area contributed by atoms with Crippen LogP contribution in [0.25, 0.3) is 27.9 Å². The van der Waals surface area contributed by atoms with E-state index in [0.717, 1.165) is 16.7 Å². The zero-order valence-corrected chi connectivity index (χ0v) is 19.9. The van der Waals surface area contributed by atoms with Crippen molar-refractivity contribution in [3.05, 3.63) is 105 Å². The van der Waals surface area contributed by atoms with Crippen LogP contribution in [0.3, 0.4) is 0 Å². The maximum Gasteiger partial charge on any atom is 0.466 e. The van der Waals surface area contributed by atoms with E-state index >= 15 is 0 Å². The smallest absolute Gasteiger partial charge is 0.420 e. The van der Waals surface area contributed by atoms with Crippen LogP contribution in [-0.4, -0.2) is 25.6 Å². The Labute approximate surface area is 213 Å². The summed E-state index contributed by atoms with van der Waals surface area (Å²) in [6.45, 7) is -0.00806. The Bertz CT molecular complexity index is 1610. The standard InChI is InChI=1S/C25H17Cl2F2N5O2/c26-18-8-4-16(5-9-18)21-13-31-34-23(22(21)17-6-10-19(27)11-7-17)32-33(24(34)35)14-15-2-1-3-20(12-15)36-25(28,29)30/h1-13H,14,30H2. The second kappa shape index (κ2) is 9.34. The fourth-order valence-corrected chi connectivity index (χ4v) is 4.10. The van der Waals surface area contributed by atoms with E-state index in [2.05, 4.69) is 20.7 Å². The minimum Gasteiger partial charge on any atom is -0.420 e. The van der Waals surface area contributed by atoms with E-state index in [1.165, 1.54) is 27.4 Å². The number of hydrogen-bond donors (Lipinski definition) is 1. The molecule has 11 heteroatoms. The van der Waals surface area contributed by atoms with Gasteiger partial charge < -0.3 is 4.74 Å². The third kappa shape index (κ3) is 4.94. The van der Waals surface area contributed by atoms with Crippen molar-refractivity contribution in [2.45, 2.75) is 12.8 Å². The molecule has 0 bridgehead atoms. The molecular weight excluding hydrogens is 511 g/mol. The highest BCUT2D eigenvalue weighted by Gasteiger charge is 2.25. The Morgan fingerprint density at radius 1 is 0.944 bits per heavy atom. The van der Waals surface area contributed by atoms with Crippen LogP contribution < -0.4 is 16.2 Å². The molecule has 2 N–H and O–H groups in total. The zero-order chi connectivity index (χ0) is 25.4. The molecule has 0 saturated heterocycles. The van der Waals surface area contributed by atoms with Crippen LogP contribution in [0.15, 0.2) is 83.8 Å². The number of ether oxygens (including phenoxy) is 1. The first-order chi connectivity index (χ1) is 17.2. The van der Waals surface area contributed by atoms with Gasteiger partial charge in [0.1, 0.15) is 5.75 Å². The molecule has 3 aromatic carbocycles. The van der Waals surface area contributed by atoms with E-state index in [9.17, 15) is 13.6 Å². The van der Waals surface area contributed by atoms with Crippen molar-refractivity contribution in [3.63, 3.8) is 0 Å². The van der Waals surface area contributed by atoms with E-state index in [-0.39, 0.29) is 12.3 Å². The summed E-state index contributed by atoms with van der Waals surface area (Å²) in [6, 6.07) is 20.3. The van der Waals surface area contributed by atoms with E-state index in [1.54, 1.807) is 36.5 Å². The Balaban J connectivity index is 1.64. The molecule has 182 valence electrons. The number of benzene rings is 3. The topological polar surface area (TPSA) is 87.4 Å². The first-order valence-corrected chi connectivity index (χ1v) is 11.4. The Kier molecular flexibility index (Phi) is 6.21. The first kappa shape index (κ1) is 23.9. The predicted octanol–water partition coefficient (Wildman–Crippen LogP) is 5.47. The number of fused-ring (bicyclic) bond motifs is 1. The summed E-state index contributed by atoms with van der Waals surface area (Å²) in [5.74, 6) is -0.137. The molecule has 0 aliphatic heterocycles. The highest BCUT2D eigenvalue weighted by Crippen LogP contribution is 2.35. The van der Waals surface area contributed by atoms with E-state index < -0.39 is 11.9 Å². The lowest BCUT2D eigenvalue weighted by atomic mass is 9.97. The quantitative estimate of drug-likeness (QED) is 0.233. The molecule has 0 aliphatic rings. The molecule has 0 radical (unpaired) electrons. The summed E-state index contributed by atoms with van der Waals surface area (Å²) in [5, 5.41) is 10.0. The van der Waals surface area contributed by atoms with E-state index in [1.807, 2.05) is 24.3 Å². The Hall–Kier alpha value is -3.79. The van der Waals surface area contributed by atoms with Gasteiger partial charge in [-0.15, -0.1) is 13.9 Å². The van der Waals surface area contributed by atoms with Crippen LogP contribution in [-0.2, 0) is 6.54 Å². The molecule has 0 saturated carbocycles. The Morgan fingerprint density at radius 3 is 2.22 bits per heavy atom. The summed E-state index contributed by atoms with van der Waals surface area (Å²) < 4.78 is 32.9. The van der Waals surface area contributed by atoms with Gasteiger partial charge in [0.25, 0.3) is 0 Å². The third-order valence-electron chi connectivity index (χ3n) is 5.39. The summed E-state index contributed by atoms with van der Waals surface area (Å²) in [5.41, 5.74) is 7.97. The highest BCUT2D eigenvalue weighted by atomic mass is 35.5. The van der Waals surface area contributed by atoms with Crippen LogP contribution in [0.2, 0.25) is 10.0 Å². The average molecular weight is 528 g/mol. The van der Waals surface area contributed by atoms with Gasteiger partial charge in [0.2, 0.25) is 0 Å². The average Bonchev–Trinajstić information content (AvgIpc) is 3.14. The molecule has 36 heavy (non-hydrogen) atoms. The monoisotopic (exact) mass is 527 g/mol. The number of nitrogens with zero attached hydrogens (tertiary/aromatic N) is 4. The molecule has 2 heterocycles. The zero-order valence-electron chi connectivity index (χ0n) is 18.4. The molecule has 0 spiro atoms. The van der Waals surface area contributed by atoms with Crippen molar-refractivity contribution in [2.75, 3.05) is 0 Å². The lowest BCUT2D eigenvalue weighted by molar-refractivity contribution is -0.170. The number of alkyl halides is 2. The van der Waals surface area contributed by atoms with Gasteiger partial charge >= 0.3 is 11.9 Å². The minimum absolute atomic E-state index is 0.00806. The summed E-state index contributed by atoms with van der Waals surface area (Å²) >= 11 is 12.2. The van der Waals surface area contributed by atoms with Gasteiger partial charge in [-0.1, -0.05) is 59.6 Å². The van der Waals surface area contributed by atoms with Crippen LogP contribution in [0.4, 0.5) is 8.78 Å². The van der Waals surface area contributed by atoms with Gasteiger partial charge in [0.15, 0.2) is 5.65 Å². The molecule has 0 fully saturated rings. The lowest BCUT2D eigenvalue weighted by Crippen LogP contribution is -2.35. The lowest BCUT2D eigenvalue weighted by Gasteiger charge is -2.12. The van der Waals surface area contributed by atoms with Crippen molar-refractivity contribution in [1.82, 2.24) is 19.4 Å². The molecule has 2 aromatic heterocycles. The predicted molar refractivity (Wildman–Crippen MR) is 133 cm³/mol. The van der Waals surface area contributed by atoms with Gasteiger partial charge in [-0.3, -0.25) is 0 Å². The van der Waals surface area contributed by atoms with E-state index in [4.69, 9.17) is 23.2 Å². The molecule has 0 atom stereocenters. The van der Waals surface area contributed by atoms with Crippen molar-refractivity contribution in [1.29, 1.82) is 0 Å². The summed E-state index contributed by atoms with van der Waals surface area (Å²) in [6.07, 6.45) is -2.24. The molecule has 5 rings (SSSR count). The van der Waals surface area contributed by atoms with Crippen molar-refractivity contribution in [3.8, 4) is 28.0 Å².